The third kappa shape index (κ3) is 2.85. The molecule has 2 aromatic rings. The average Bonchev–Trinajstić information content (AvgIpc) is 2.74. The Kier molecular flexibility index (Phi) is 4.02. The summed E-state index contributed by atoms with van der Waals surface area (Å²) in [6, 6.07) is 21.5. The van der Waals surface area contributed by atoms with Gasteiger partial charge in [-0.05, 0) is 41.2 Å². The number of fused-ring (bicyclic) bond motifs is 4. The van der Waals surface area contributed by atoms with Gasteiger partial charge in [-0.3, -0.25) is 0 Å². The molecule has 0 saturated carbocycles. The van der Waals surface area contributed by atoms with Gasteiger partial charge in [-0.2, -0.15) is 0 Å². The fourth-order valence-electron chi connectivity index (χ4n) is 4.87. The third-order valence-electron chi connectivity index (χ3n) is 6.19. The molecule has 27 heavy (non-hydrogen) atoms. The Morgan fingerprint density at radius 3 is 2.44 bits per heavy atom. The Bertz CT molecular complexity index is 910. The predicted molar refractivity (Wildman–Crippen MR) is 108 cm³/mol. The Morgan fingerprint density at radius 2 is 1.70 bits per heavy atom. The van der Waals surface area contributed by atoms with E-state index in [0.29, 0.717) is 11.8 Å². The highest BCUT2D eigenvalue weighted by molar-refractivity contribution is 5.68. The summed E-state index contributed by atoms with van der Waals surface area (Å²) in [5.74, 6) is 1.73. The van der Waals surface area contributed by atoms with Gasteiger partial charge in [0.1, 0.15) is 5.76 Å². The summed E-state index contributed by atoms with van der Waals surface area (Å²) < 4.78 is 12.3. The minimum absolute atomic E-state index is 0.0583. The first-order chi connectivity index (χ1) is 13.3. The first kappa shape index (κ1) is 16.6. The van der Waals surface area contributed by atoms with Crippen molar-refractivity contribution in [2.75, 3.05) is 7.11 Å². The average molecular weight is 356 g/mol. The van der Waals surface area contributed by atoms with Gasteiger partial charge in [-0.15, -0.1) is 0 Å². The molecule has 0 amide bonds. The van der Waals surface area contributed by atoms with E-state index < -0.39 is 0 Å². The van der Waals surface area contributed by atoms with Gasteiger partial charge in [0.25, 0.3) is 0 Å². The van der Waals surface area contributed by atoms with Crippen molar-refractivity contribution < 1.29 is 9.47 Å². The van der Waals surface area contributed by atoms with Gasteiger partial charge in [-0.25, -0.2) is 0 Å². The second-order valence-corrected chi connectivity index (χ2v) is 7.76. The molecule has 3 aliphatic rings. The minimum atomic E-state index is -0.268. The van der Waals surface area contributed by atoms with E-state index in [4.69, 9.17) is 9.47 Å². The Balaban J connectivity index is 1.61. The van der Waals surface area contributed by atoms with Crippen molar-refractivity contribution in [1.82, 2.24) is 0 Å². The number of allylic oxidation sites excluding steroid dienone is 2. The lowest BCUT2D eigenvalue weighted by atomic mass is 9.66. The predicted octanol–water partition coefficient (Wildman–Crippen LogP) is 5.49. The third-order valence-corrected chi connectivity index (χ3v) is 6.19. The number of hydrogen-bond donors (Lipinski definition) is 0. The molecule has 2 aromatic carbocycles. The standard InChI is InChI=1S/C25H24O2/c1-26-22-13-12-19-16-25(21-10-6-3-7-11-21)17-20(18-8-4-2-5-9-18)14-24(27-25)23(19)15-22/h2-15,19,23-24H,16-17H2,1H3/t19?,23?,24-,25-/m1/s1. The molecule has 2 nitrogen and oxygen atoms in total. The van der Waals surface area contributed by atoms with Gasteiger partial charge in [0.05, 0.1) is 18.8 Å². The van der Waals surface area contributed by atoms with E-state index in [0.717, 1.165) is 18.6 Å². The van der Waals surface area contributed by atoms with Crippen LogP contribution in [0.25, 0.3) is 5.57 Å². The molecule has 4 atom stereocenters. The topological polar surface area (TPSA) is 18.5 Å². The monoisotopic (exact) mass is 356 g/mol. The van der Waals surface area contributed by atoms with Crippen molar-refractivity contribution in [2.24, 2.45) is 11.8 Å². The summed E-state index contributed by atoms with van der Waals surface area (Å²) in [7, 11) is 1.74. The Hall–Kier alpha value is -2.58. The summed E-state index contributed by atoms with van der Waals surface area (Å²) in [6.45, 7) is 0. The minimum Gasteiger partial charge on any atom is -0.497 e. The molecule has 2 heteroatoms. The summed E-state index contributed by atoms with van der Waals surface area (Å²) in [5.41, 5.74) is 3.70. The van der Waals surface area contributed by atoms with E-state index in [1.165, 1.54) is 16.7 Å². The SMILES string of the molecule is COC1=CC2C(C=C1)C[C@]1(c3ccccc3)CC(c3ccccc3)=C[C@H]2O1. The van der Waals surface area contributed by atoms with Crippen molar-refractivity contribution >= 4 is 5.57 Å². The van der Waals surface area contributed by atoms with Crippen molar-refractivity contribution in [3.63, 3.8) is 0 Å². The highest BCUT2D eigenvalue weighted by atomic mass is 16.5. The molecule has 2 aliphatic heterocycles. The number of benzene rings is 2. The second kappa shape index (κ2) is 6.54. The van der Waals surface area contributed by atoms with Gasteiger partial charge < -0.3 is 9.47 Å². The van der Waals surface area contributed by atoms with Gasteiger partial charge in [0.2, 0.25) is 0 Å². The molecule has 0 N–H and O–H groups in total. The van der Waals surface area contributed by atoms with Crippen LogP contribution in [-0.2, 0) is 15.1 Å². The molecule has 2 bridgehead atoms. The van der Waals surface area contributed by atoms with E-state index in [2.05, 4.69) is 85.0 Å². The lowest BCUT2D eigenvalue weighted by molar-refractivity contribution is -0.150. The maximum absolute atomic E-state index is 6.80. The number of ether oxygens (including phenoxy) is 2. The van der Waals surface area contributed by atoms with Crippen LogP contribution in [0.15, 0.2) is 90.7 Å². The number of methoxy groups -OCH3 is 1. The van der Waals surface area contributed by atoms with Gasteiger partial charge in [0.15, 0.2) is 0 Å². The number of hydrogen-bond acceptors (Lipinski definition) is 2. The molecule has 0 radical (unpaired) electrons. The van der Waals surface area contributed by atoms with E-state index in [-0.39, 0.29) is 11.7 Å². The van der Waals surface area contributed by atoms with E-state index in [1.54, 1.807) is 7.11 Å². The molecular weight excluding hydrogens is 332 g/mol. The van der Waals surface area contributed by atoms with Crippen molar-refractivity contribution in [3.05, 3.63) is 102 Å². The normalized spacial score (nSPS) is 31.5. The molecule has 1 aliphatic carbocycles. The van der Waals surface area contributed by atoms with Crippen LogP contribution in [0.4, 0.5) is 0 Å². The smallest absolute Gasteiger partial charge is 0.114 e. The van der Waals surface area contributed by atoms with E-state index >= 15 is 0 Å². The molecule has 136 valence electrons. The lowest BCUT2D eigenvalue weighted by Crippen LogP contribution is -2.49. The van der Waals surface area contributed by atoms with Crippen LogP contribution in [0.5, 0.6) is 0 Å². The summed E-state index contributed by atoms with van der Waals surface area (Å²) in [5, 5.41) is 0. The van der Waals surface area contributed by atoms with Gasteiger partial charge in [-0.1, -0.05) is 72.8 Å². The molecule has 1 saturated heterocycles. The molecular formula is C25H24O2. The van der Waals surface area contributed by atoms with E-state index in [1.807, 2.05) is 0 Å². The number of rotatable bonds is 3. The molecule has 5 rings (SSSR count). The highest BCUT2D eigenvalue weighted by Gasteiger charge is 2.49. The Morgan fingerprint density at radius 1 is 0.963 bits per heavy atom. The first-order valence-corrected chi connectivity index (χ1v) is 9.71. The van der Waals surface area contributed by atoms with Crippen LogP contribution in [0, 0.1) is 11.8 Å². The zero-order chi connectivity index (χ0) is 18.3. The van der Waals surface area contributed by atoms with Crippen molar-refractivity contribution in [3.8, 4) is 0 Å². The summed E-state index contributed by atoms with van der Waals surface area (Å²) in [6.07, 6.45) is 11.0. The van der Waals surface area contributed by atoms with E-state index in [9.17, 15) is 0 Å². The summed E-state index contributed by atoms with van der Waals surface area (Å²) >= 11 is 0. The quantitative estimate of drug-likeness (QED) is 0.724. The van der Waals surface area contributed by atoms with Crippen LogP contribution in [0.3, 0.4) is 0 Å². The largest absolute Gasteiger partial charge is 0.497 e. The molecule has 2 unspecified atom stereocenters. The lowest BCUT2D eigenvalue weighted by Gasteiger charge is -2.51. The fraction of sp³-hybridized carbons (Fsp3) is 0.280. The fourth-order valence-corrected chi connectivity index (χ4v) is 4.87. The van der Waals surface area contributed by atoms with Crippen LogP contribution >= 0.6 is 0 Å². The Labute approximate surface area is 160 Å². The zero-order valence-electron chi connectivity index (χ0n) is 15.5. The van der Waals surface area contributed by atoms with Crippen molar-refractivity contribution in [2.45, 2.75) is 24.5 Å². The van der Waals surface area contributed by atoms with Crippen LogP contribution in [-0.4, -0.2) is 13.2 Å². The van der Waals surface area contributed by atoms with Crippen LogP contribution in [0.2, 0.25) is 0 Å². The van der Waals surface area contributed by atoms with Crippen LogP contribution in [0.1, 0.15) is 24.0 Å². The molecule has 0 spiro atoms. The summed E-state index contributed by atoms with van der Waals surface area (Å²) in [4.78, 5) is 0. The zero-order valence-corrected chi connectivity index (χ0v) is 15.5. The maximum Gasteiger partial charge on any atom is 0.114 e. The van der Waals surface area contributed by atoms with Crippen molar-refractivity contribution in [1.29, 1.82) is 0 Å². The highest BCUT2D eigenvalue weighted by Crippen LogP contribution is 2.53. The molecule has 2 heterocycles. The van der Waals surface area contributed by atoms with Gasteiger partial charge >= 0.3 is 0 Å². The first-order valence-electron chi connectivity index (χ1n) is 9.71. The van der Waals surface area contributed by atoms with Gasteiger partial charge in [0, 0.05) is 12.3 Å². The molecule has 1 fully saturated rings. The second-order valence-electron chi connectivity index (χ2n) is 7.76. The molecule has 0 aromatic heterocycles. The maximum atomic E-state index is 6.80. The van der Waals surface area contributed by atoms with Crippen LogP contribution < -0.4 is 0 Å².